The monoisotopic (exact) mass is 340 g/mol. The molecule has 0 unspecified atom stereocenters. The van der Waals surface area contributed by atoms with Crippen LogP contribution in [-0.4, -0.2) is 43.3 Å². The number of likely N-dealkylation sites (tertiary alicyclic amines) is 1. The van der Waals surface area contributed by atoms with Crippen molar-refractivity contribution in [1.29, 1.82) is 0 Å². The Morgan fingerprint density at radius 1 is 0.960 bits per heavy atom. The van der Waals surface area contributed by atoms with E-state index in [1.807, 2.05) is 65.6 Å². The highest BCUT2D eigenvalue weighted by Crippen LogP contribution is 2.16. The van der Waals surface area contributed by atoms with Crippen molar-refractivity contribution in [3.63, 3.8) is 0 Å². The van der Waals surface area contributed by atoms with Crippen molar-refractivity contribution in [3.05, 3.63) is 60.7 Å². The third-order valence-corrected chi connectivity index (χ3v) is 4.20. The van der Waals surface area contributed by atoms with Crippen molar-refractivity contribution in [3.8, 4) is 5.75 Å². The maximum absolute atomic E-state index is 12.2. The zero-order valence-electron chi connectivity index (χ0n) is 14.3. The Labute approximate surface area is 148 Å². The fourth-order valence-corrected chi connectivity index (χ4v) is 2.84. The van der Waals surface area contributed by atoms with E-state index in [0.717, 1.165) is 24.3 Å². The quantitative estimate of drug-likeness (QED) is 0.814. The van der Waals surface area contributed by atoms with E-state index in [4.69, 9.17) is 9.47 Å². The summed E-state index contributed by atoms with van der Waals surface area (Å²) in [6, 6.07) is 19.2. The van der Waals surface area contributed by atoms with Gasteiger partial charge in [0.25, 0.3) is 0 Å². The van der Waals surface area contributed by atoms with Gasteiger partial charge in [-0.2, -0.15) is 0 Å². The molecule has 0 radical (unpaired) electrons. The largest absolute Gasteiger partial charge is 0.491 e. The first-order valence-corrected chi connectivity index (χ1v) is 8.72. The third kappa shape index (κ3) is 5.50. The summed E-state index contributed by atoms with van der Waals surface area (Å²) in [6.45, 7) is 2.53. The predicted octanol–water partition coefficient (Wildman–Crippen LogP) is 3.78. The molecule has 0 bridgehead atoms. The first-order chi connectivity index (χ1) is 12.3. The number of piperidine rings is 1. The highest BCUT2D eigenvalue weighted by molar-refractivity contribution is 5.89. The van der Waals surface area contributed by atoms with Gasteiger partial charge < -0.3 is 19.7 Å². The van der Waals surface area contributed by atoms with Gasteiger partial charge in [-0.1, -0.05) is 36.4 Å². The van der Waals surface area contributed by atoms with Crippen LogP contribution in [0.1, 0.15) is 12.8 Å². The zero-order chi connectivity index (χ0) is 17.3. The molecule has 0 aliphatic carbocycles. The maximum atomic E-state index is 12.2. The molecule has 3 rings (SSSR count). The molecule has 0 aromatic heterocycles. The molecule has 1 saturated heterocycles. The van der Waals surface area contributed by atoms with Gasteiger partial charge >= 0.3 is 6.03 Å². The lowest BCUT2D eigenvalue weighted by atomic mass is 10.1. The number of carbonyl (C=O) groups excluding carboxylic acids is 1. The number of hydrogen-bond donors (Lipinski definition) is 1. The third-order valence-electron chi connectivity index (χ3n) is 4.20. The minimum absolute atomic E-state index is 0.0444. The normalized spacial score (nSPS) is 15.0. The summed E-state index contributed by atoms with van der Waals surface area (Å²) in [7, 11) is 0. The van der Waals surface area contributed by atoms with E-state index in [0.29, 0.717) is 26.3 Å². The maximum Gasteiger partial charge on any atom is 0.321 e. The Kier molecular flexibility index (Phi) is 6.29. The van der Waals surface area contributed by atoms with Gasteiger partial charge in [0.15, 0.2) is 0 Å². The van der Waals surface area contributed by atoms with Crippen molar-refractivity contribution in [2.24, 2.45) is 0 Å². The Morgan fingerprint density at radius 3 is 2.28 bits per heavy atom. The highest BCUT2D eigenvalue weighted by atomic mass is 16.5. The molecule has 5 nitrogen and oxygen atoms in total. The van der Waals surface area contributed by atoms with Crippen LogP contribution >= 0.6 is 0 Å². The van der Waals surface area contributed by atoms with Gasteiger partial charge in [0.2, 0.25) is 0 Å². The number of para-hydroxylation sites is 2. The molecule has 1 fully saturated rings. The molecule has 0 atom stereocenters. The minimum atomic E-state index is -0.0444. The van der Waals surface area contributed by atoms with Crippen LogP contribution in [0, 0.1) is 0 Å². The molecule has 1 heterocycles. The zero-order valence-corrected chi connectivity index (χ0v) is 14.3. The Hall–Kier alpha value is -2.53. The number of ether oxygens (including phenoxy) is 2. The van der Waals surface area contributed by atoms with Gasteiger partial charge in [0.1, 0.15) is 12.4 Å². The Balaban J connectivity index is 1.32. The number of carbonyl (C=O) groups is 1. The van der Waals surface area contributed by atoms with Crippen molar-refractivity contribution in [2.45, 2.75) is 18.9 Å². The SMILES string of the molecule is O=C(Nc1ccccc1)N1CCC(OCCOc2ccccc2)CC1. The van der Waals surface area contributed by atoms with Crippen LogP contribution in [0.3, 0.4) is 0 Å². The molecule has 2 amide bonds. The lowest BCUT2D eigenvalue weighted by Gasteiger charge is -2.32. The molecule has 2 aromatic carbocycles. The van der Waals surface area contributed by atoms with Crippen LogP contribution in [0.25, 0.3) is 0 Å². The van der Waals surface area contributed by atoms with E-state index in [1.165, 1.54) is 0 Å². The predicted molar refractivity (Wildman–Crippen MR) is 97.9 cm³/mol. The first-order valence-electron chi connectivity index (χ1n) is 8.72. The number of rotatable bonds is 6. The number of nitrogens with zero attached hydrogens (tertiary/aromatic N) is 1. The molecule has 5 heteroatoms. The van der Waals surface area contributed by atoms with E-state index < -0.39 is 0 Å². The minimum Gasteiger partial charge on any atom is -0.491 e. The van der Waals surface area contributed by atoms with Crippen LogP contribution < -0.4 is 10.1 Å². The Bertz CT molecular complexity index is 641. The van der Waals surface area contributed by atoms with Crippen LogP contribution in [-0.2, 0) is 4.74 Å². The molecule has 2 aromatic rings. The fourth-order valence-electron chi connectivity index (χ4n) is 2.84. The van der Waals surface area contributed by atoms with Gasteiger partial charge in [-0.05, 0) is 37.1 Å². The highest BCUT2D eigenvalue weighted by Gasteiger charge is 2.23. The summed E-state index contributed by atoms with van der Waals surface area (Å²) >= 11 is 0. The average molecular weight is 340 g/mol. The molecule has 0 saturated carbocycles. The van der Waals surface area contributed by atoms with E-state index >= 15 is 0 Å². The van der Waals surface area contributed by atoms with E-state index in [1.54, 1.807) is 0 Å². The summed E-state index contributed by atoms with van der Waals surface area (Å²) in [5.74, 6) is 0.860. The lowest BCUT2D eigenvalue weighted by molar-refractivity contribution is 0.00272. The molecule has 1 aliphatic heterocycles. The molecule has 1 N–H and O–H groups in total. The number of benzene rings is 2. The summed E-state index contributed by atoms with van der Waals surface area (Å²) in [5.41, 5.74) is 0.823. The summed E-state index contributed by atoms with van der Waals surface area (Å²) in [5, 5.41) is 2.92. The smallest absolute Gasteiger partial charge is 0.321 e. The van der Waals surface area contributed by atoms with E-state index in [9.17, 15) is 4.79 Å². The van der Waals surface area contributed by atoms with Crippen LogP contribution in [0.4, 0.5) is 10.5 Å². The van der Waals surface area contributed by atoms with Crippen molar-refractivity contribution in [1.82, 2.24) is 4.90 Å². The molecular weight excluding hydrogens is 316 g/mol. The average Bonchev–Trinajstić information content (AvgIpc) is 2.67. The molecule has 1 aliphatic rings. The number of nitrogens with one attached hydrogen (secondary N) is 1. The van der Waals surface area contributed by atoms with Gasteiger partial charge in [-0.15, -0.1) is 0 Å². The first kappa shape index (κ1) is 17.3. The summed E-state index contributed by atoms with van der Waals surface area (Å²) in [4.78, 5) is 14.1. The molecular formula is C20H24N2O3. The topological polar surface area (TPSA) is 50.8 Å². The van der Waals surface area contributed by atoms with Gasteiger partial charge in [-0.3, -0.25) is 0 Å². The summed E-state index contributed by atoms with van der Waals surface area (Å²) < 4.78 is 11.5. The standard InChI is InChI=1S/C20H24N2O3/c23-20(21-17-7-3-1-4-8-17)22-13-11-19(12-14-22)25-16-15-24-18-9-5-2-6-10-18/h1-10,19H,11-16H2,(H,21,23). The number of hydrogen-bond acceptors (Lipinski definition) is 3. The van der Waals surface area contributed by atoms with Crippen LogP contribution in [0.15, 0.2) is 60.7 Å². The second-order valence-corrected chi connectivity index (χ2v) is 6.01. The van der Waals surface area contributed by atoms with Gasteiger partial charge in [-0.25, -0.2) is 4.79 Å². The van der Waals surface area contributed by atoms with Gasteiger partial charge in [0, 0.05) is 18.8 Å². The number of amides is 2. The number of urea groups is 1. The number of anilines is 1. The fraction of sp³-hybridized carbons (Fsp3) is 0.350. The molecule has 25 heavy (non-hydrogen) atoms. The van der Waals surface area contributed by atoms with Crippen molar-refractivity contribution in [2.75, 3.05) is 31.6 Å². The van der Waals surface area contributed by atoms with Crippen molar-refractivity contribution >= 4 is 11.7 Å². The lowest BCUT2D eigenvalue weighted by Crippen LogP contribution is -2.43. The Morgan fingerprint density at radius 2 is 1.60 bits per heavy atom. The summed E-state index contributed by atoms with van der Waals surface area (Å²) in [6.07, 6.45) is 1.90. The molecule has 0 spiro atoms. The second-order valence-electron chi connectivity index (χ2n) is 6.01. The van der Waals surface area contributed by atoms with Crippen LogP contribution in [0.5, 0.6) is 5.75 Å². The second kappa shape index (κ2) is 9.08. The van der Waals surface area contributed by atoms with Crippen molar-refractivity contribution < 1.29 is 14.3 Å². The van der Waals surface area contributed by atoms with E-state index in [2.05, 4.69) is 5.32 Å². The van der Waals surface area contributed by atoms with E-state index in [-0.39, 0.29) is 12.1 Å². The van der Waals surface area contributed by atoms with Crippen LogP contribution in [0.2, 0.25) is 0 Å². The van der Waals surface area contributed by atoms with Gasteiger partial charge in [0.05, 0.1) is 12.7 Å². The molecule has 132 valence electrons.